The molecule has 0 spiro atoms. The Balaban J connectivity index is 2.13. The highest BCUT2D eigenvalue weighted by Crippen LogP contribution is 2.24. The smallest absolute Gasteiger partial charge is 0.254 e. The second kappa shape index (κ2) is 7.49. The van der Waals surface area contributed by atoms with Crippen LogP contribution < -0.4 is 10.2 Å². The third kappa shape index (κ3) is 4.24. The van der Waals surface area contributed by atoms with Crippen molar-refractivity contribution in [2.45, 2.75) is 32.7 Å². The normalized spacial score (nSPS) is 20.4. The number of hydrogen-bond donors (Lipinski definition) is 1. The summed E-state index contributed by atoms with van der Waals surface area (Å²) in [5.41, 5.74) is 1.72. The summed E-state index contributed by atoms with van der Waals surface area (Å²) in [6.45, 7) is 4.98. The first kappa shape index (κ1) is 17.3. The summed E-state index contributed by atoms with van der Waals surface area (Å²) >= 11 is 0. The van der Waals surface area contributed by atoms with E-state index in [1.165, 1.54) is 6.92 Å². The van der Waals surface area contributed by atoms with Gasteiger partial charge in [-0.15, -0.1) is 0 Å². The summed E-state index contributed by atoms with van der Waals surface area (Å²) in [7, 11) is 3.92. The summed E-state index contributed by atoms with van der Waals surface area (Å²) in [6, 6.07) is 7.74. The van der Waals surface area contributed by atoms with Crippen molar-refractivity contribution in [3.05, 3.63) is 29.8 Å². The molecule has 1 fully saturated rings. The minimum Gasteiger partial charge on any atom is -0.378 e. The van der Waals surface area contributed by atoms with E-state index in [0.717, 1.165) is 18.5 Å². The van der Waals surface area contributed by atoms with Crippen LogP contribution in [0.5, 0.6) is 0 Å². The van der Waals surface area contributed by atoms with Crippen LogP contribution in [0.25, 0.3) is 0 Å². The lowest BCUT2D eigenvalue weighted by molar-refractivity contribution is -0.119. The third-order valence-corrected chi connectivity index (χ3v) is 4.39. The van der Waals surface area contributed by atoms with E-state index in [1.807, 2.05) is 48.2 Å². The molecule has 1 aliphatic heterocycles. The fourth-order valence-corrected chi connectivity index (χ4v) is 3.22. The summed E-state index contributed by atoms with van der Waals surface area (Å²) in [4.78, 5) is 28.1. The molecule has 1 aliphatic rings. The van der Waals surface area contributed by atoms with E-state index in [-0.39, 0.29) is 17.9 Å². The molecule has 1 saturated heterocycles. The van der Waals surface area contributed by atoms with E-state index in [1.54, 1.807) is 0 Å². The van der Waals surface area contributed by atoms with Gasteiger partial charge in [-0.25, -0.2) is 0 Å². The van der Waals surface area contributed by atoms with E-state index >= 15 is 0 Å². The van der Waals surface area contributed by atoms with Gasteiger partial charge in [0.15, 0.2) is 0 Å². The van der Waals surface area contributed by atoms with Gasteiger partial charge in [0.25, 0.3) is 5.91 Å². The summed E-state index contributed by atoms with van der Waals surface area (Å²) in [5, 5.41) is 3.00. The number of carbonyl (C=O) groups is 2. The van der Waals surface area contributed by atoms with E-state index in [0.29, 0.717) is 24.6 Å². The van der Waals surface area contributed by atoms with Crippen molar-refractivity contribution in [1.29, 1.82) is 0 Å². The Labute approximate surface area is 138 Å². The van der Waals surface area contributed by atoms with Gasteiger partial charge < -0.3 is 15.1 Å². The van der Waals surface area contributed by atoms with Crippen LogP contribution in [0.3, 0.4) is 0 Å². The molecule has 5 heteroatoms. The third-order valence-electron chi connectivity index (χ3n) is 4.39. The maximum atomic E-state index is 12.8. The van der Waals surface area contributed by atoms with Crippen molar-refractivity contribution in [2.24, 2.45) is 5.92 Å². The first-order chi connectivity index (χ1) is 10.9. The lowest BCUT2D eigenvalue weighted by Gasteiger charge is -2.18. The molecule has 1 N–H and O–H groups in total. The molecule has 0 aromatic heterocycles. The molecule has 0 bridgehead atoms. The zero-order valence-electron chi connectivity index (χ0n) is 14.5. The Kier molecular flexibility index (Phi) is 5.64. The summed E-state index contributed by atoms with van der Waals surface area (Å²) in [6.07, 6.45) is 2.07. The fourth-order valence-electron chi connectivity index (χ4n) is 3.22. The predicted octanol–water partition coefficient (Wildman–Crippen LogP) is 2.13. The predicted molar refractivity (Wildman–Crippen MR) is 92.7 cm³/mol. The Bertz CT molecular complexity index is 571. The molecule has 0 saturated carbocycles. The molecule has 2 atom stereocenters. The van der Waals surface area contributed by atoms with Crippen LogP contribution in [-0.4, -0.2) is 49.9 Å². The van der Waals surface area contributed by atoms with Gasteiger partial charge in [0.1, 0.15) is 0 Å². The van der Waals surface area contributed by atoms with Gasteiger partial charge in [-0.2, -0.15) is 0 Å². The van der Waals surface area contributed by atoms with Crippen LogP contribution in [-0.2, 0) is 4.79 Å². The minimum absolute atomic E-state index is 0.0278. The van der Waals surface area contributed by atoms with Crippen LogP contribution in [0.2, 0.25) is 0 Å². The van der Waals surface area contributed by atoms with Crippen molar-refractivity contribution in [3.63, 3.8) is 0 Å². The Morgan fingerprint density at radius 1 is 1.30 bits per heavy atom. The molecule has 1 aromatic rings. The monoisotopic (exact) mass is 317 g/mol. The lowest BCUT2D eigenvalue weighted by atomic mass is 9.98. The highest BCUT2D eigenvalue weighted by molar-refractivity contribution is 5.95. The SMILES string of the molecule is CCC[C@@H]1CN(C(=O)c2cccc(N(C)C)c2)C[C@H]1NC(C)=O. The molecule has 2 rings (SSSR count). The number of benzene rings is 1. The van der Waals surface area contributed by atoms with E-state index in [2.05, 4.69) is 12.2 Å². The number of amides is 2. The van der Waals surface area contributed by atoms with Crippen molar-refractivity contribution in [2.75, 3.05) is 32.1 Å². The molecule has 1 aromatic carbocycles. The van der Waals surface area contributed by atoms with Crippen molar-refractivity contribution >= 4 is 17.5 Å². The maximum absolute atomic E-state index is 12.8. The zero-order chi connectivity index (χ0) is 17.0. The van der Waals surface area contributed by atoms with Gasteiger partial charge in [0, 0.05) is 45.4 Å². The van der Waals surface area contributed by atoms with Gasteiger partial charge in [0.05, 0.1) is 6.04 Å². The van der Waals surface area contributed by atoms with Crippen LogP contribution in [0.1, 0.15) is 37.0 Å². The molecule has 23 heavy (non-hydrogen) atoms. The molecule has 5 nitrogen and oxygen atoms in total. The number of rotatable bonds is 5. The molecule has 2 amide bonds. The van der Waals surface area contributed by atoms with Crippen LogP contribution >= 0.6 is 0 Å². The topological polar surface area (TPSA) is 52.7 Å². The maximum Gasteiger partial charge on any atom is 0.254 e. The average molecular weight is 317 g/mol. The van der Waals surface area contributed by atoms with Gasteiger partial charge in [-0.1, -0.05) is 19.4 Å². The largest absolute Gasteiger partial charge is 0.378 e. The quantitative estimate of drug-likeness (QED) is 0.905. The molecule has 0 aliphatic carbocycles. The minimum atomic E-state index is -0.0278. The highest BCUT2D eigenvalue weighted by atomic mass is 16.2. The molecule has 1 heterocycles. The fraction of sp³-hybridized carbons (Fsp3) is 0.556. The van der Waals surface area contributed by atoms with Crippen molar-refractivity contribution < 1.29 is 9.59 Å². The first-order valence-corrected chi connectivity index (χ1v) is 8.26. The number of nitrogens with one attached hydrogen (secondary N) is 1. The second-order valence-corrected chi connectivity index (χ2v) is 6.51. The number of anilines is 1. The van der Waals surface area contributed by atoms with Crippen molar-refractivity contribution in [3.8, 4) is 0 Å². The molecule has 0 radical (unpaired) electrons. The number of nitrogens with zero attached hydrogens (tertiary/aromatic N) is 2. The van der Waals surface area contributed by atoms with Crippen LogP contribution in [0, 0.1) is 5.92 Å². The number of carbonyl (C=O) groups excluding carboxylic acids is 2. The van der Waals surface area contributed by atoms with Crippen molar-refractivity contribution in [1.82, 2.24) is 10.2 Å². The second-order valence-electron chi connectivity index (χ2n) is 6.51. The molecule has 0 unspecified atom stereocenters. The Morgan fingerprint density at radius 2 is 2.04 bits per heavy atom. The van der Waals surface area contributed by atoms with Gasteiger partial charge >= 0.3 is 0 Å². The average Bonchev–Trinajstić information content (AvgIpc) is 2.89. The standard InChI is InChI=1S/C18H27N3O2/c1-5-7-15-11-21(12-17(15)19-13(2)22)18(23)14-8-6-9-16(10-14)20(3)4/h6,8-10,15,17H,5,7,11-12H2,1-4H3,(H,19,22)/t15-,17-/m1/s1. The lowest BCUT2D eigenvalue weighted by Crippen LogP contribution is -2.39. The van der Waals surface area contributed by atoms with E-state index < -0.39 is 0 Å². The molecular weight excluding hydrogens is 290 g/mol. The van der Waals surface area contributed by atoms with Gasteiger partial charge in [-0.3, -0.25) is 9.59 Å². The number of hydrogen-bond acceptors (Lipinski definition) is 3. The van der Waals surface area contributed by atoms with Crippen LogP contribution in [0.4, 0.5) is 5.69 Å². The summed E-state index contributed by atoms with van der Waals surface area (Å²) < 4.78 is 0. The summed E-state index contributed by atoms with van der Waals surface area (Å²) in [5.74, 6) is 0.354. The number of likely N-dealkylation sites (tertiary alicyclic amines) is 1. The Hall–Kier alpha value is -2.04. The first-order valence-electron chi connectivity index (χ1n) is 8.26. The van der Waals surface area contributed by atoms with E-state index in [9.17, 15) is 9.59 Å². The van der Waals surface area contributed by atoms with E-state index in [4.69, 9.17) is 0 Å². The van der Waals surface area contributed by atoms with Gasteiger partial charge in [-0.05, 0) is 30.5 Å². The highest BCUT2D eigenvalue weighted by Gasteiger charge is 2.35. The van der Waals surface area contributed by atoms with Crippen LogP contribution in [0.15, 0.2) is 24.3 Å². The van der Waals surface area contributed by atoms with Gasteiger partial charge in [0.2, 0.25) is 5.91 Å². The molecular formula is C18H27N3O2. The Morgan fingerprint density at radius 3 is 2.65 bits per heavy atom. The zero-order valence-corrected chi connectivity index (χ0v) is 14.5. The molecule has 126 valence electrons.